The number of nitro groups is 1. The Morgan fingerprint density at radius 2 is 1.92 bits per heavy atom. The van der Waals surface area contributed by atoms with Gasteiger partial charge in [-0.25, -0.2) is 0 Å². The Morgan fingerprint density at radius 3 is 2.62 bits per heavy atom. The minimum absolute atomic E-state index is 0.0507. The fourth-order valence-electron chi connectivity index (χ4n) is 2.67. The molecular formula is C17H15Cl2N3O4. The first-order valence-corrected chi connectivity index (χ1v) is 8.59. The standard InChI is InChI=1S/C17H15Cl2N3O4/c18-13-3-1-2-12(16(13)19)17(23)20-14-5-4-11(22(24)25)10-15(14)21-6-8-26-9-7-21/h1-5,10H,6-9H2,(H,20,23). The highest BCUT2D eigenvalue weighted by Gasteiger charge is 2.21. The van der Waals surface area contributed by atoms with Crippen LogP contribution in [0.5, 0.6) is 0 Å². The van der Waals surface area contributed by atoms with Crippen molar-refractivity contribution in [1.29, 1.82) is 0 Å². The lowest BCUT2D eigenvalue weighted by Crippen LogP contribution is -2.36. The van der Waals surface area contributed by atoms with Crippen LogP contribution in [0.4, 0.5) is 17.1 Å². The summed E-state index contributed by atoms with van der Waals surface area (Å²) in [6, 6.07) is 9.08. The van der Waals surface area contributed by atoms with E-state index in [1.807, 2.05) is 4.90 Å². The number of nitro benzene ring substituents is 1. The molecule has 0 radical (unpaired) electrons. The molecule has 0 spiro atoms. The van der Waals surface area contributed by atoms with E-state index in [0.717, 1.165) is 0 Å². The van der Waals surface area contributed by atoms with Crippen molar-refractivity contribution in [2.24, 2.45) is 0 Å². The third kappa shape index (κ3) is 3.90. The molecule has 2 aromatic carbocycles. The summed E-state index contributed by atoms with van der Waals surface area (Å²) < 4.78 is 5.32. The smallest absolute Gasteiger partial charge is 0.271 e. The van der Waals surface area contributed by atoms with Gasteiger partial charge in [-0.1, -0.05) is 29.3 Å². The number of ether oxygens (including phenoxy) is 1. The number of halogens is 2. The summed E-state index contributed by atoms with van der Waals surface area (Å²) in [7, 11) is 0. The minimum atomic E-state index is -0.469. The lowest BCUT2D eigenvalue weighted by molar-refractivity contribution is -0.384. The topological polar surface area (TPSA) is 84.7 Å². The van der Waals surface area contributed by atoms with E-state index in [2.05, 4.69) is 5.32 Å². The molecule has 1 heterocycles. The molecule has 0 aliphatic carbocycles. The number of anilines is 2. The summed E-state index contributed by atoms with van der Waals surface area (Å²) in [5.41, 5.74) is 1.20. The Bertz CT molecular complexity index is 854. The van der Waals surface area contributed by atoms with Crippen molar-refractivity contribution in [3.8, 4) is 0 Å². The van der Waals surface area contributed by atoms with Crippen molar-refractivity contribution in [3.63, 3.8) is 0 Å². The monoisotopic (exact) mass is 395 g/mol. The molecule has 1 aliphatic rings. The number of hydrogen-bond acceptors (Lipinski definition) is 5. The van der Waals surface area contributed by atoms with Gasteiger partial charge in [-0.05, 0) is 18.2 Å². The van der Waals surface area contributed by atoms with Crippen LogP contribution in [-0.4, -0.2) is 37.1 Å². The highest BCUT2D eigenvalue weighted by molar-refractivity contribution is 6.44. The quantitative estimate of drug-likeness (QED) is 0.624. The van der Waals surface area contributed by atoms with Gasteiger partial charge in [0.2, 0.25) is 0 Å². The predicted octanol–water partition coefficient (Wildman–Crippen LogP) is 3.99. The van der Waals surface area contributed by atoms with E-state index in [1.54, 1.807) is 18.2 Å². The van der Waals surface area contributed by atoms with Gasteiger partial charge in [-0.2, -0.15) is 0 Å². The van der Waals surface area contributed by atoms with Crippen LogP contribution in [0.3, 0.4) is 0 Å². The average Bonchev–Trinajstić information content (AvgIpc) is 2.64. The van der Waals surface area contributed by atoms with Crippen LogP contribution in [0.2, 0.25) is 10.0 Å². The summed E-state index contributed by atoms with van der Waals surface area (Å²) in [5, 5.41) is 14.3. The Balaban J connectivity index is 1.94. The molecule has 0 atom stereocenters. The molecule has 9 heteroatoms. The zero-order chi connectivity index (χ0) is 18.7. The van der Waals surface area contributed by atoms with E-state index >= 15 is 0 Å². The summed E-state index contributed by atoms with van der Waals surface area (Å²) in [4.78, 5) is 25.2. The Labute approximate surface area is 159 Å². The molecule has 136 valence electrons. The molecule has 1 N–H and O–H groups in total. The number of rotatable bonds is 4. The van der Waals surface area contributed by atoms with Crippen LogP contribution in [0.25, 0.3) is 0 Å². The van der Waals surface area contributed by atoms with Crippen molar-refractivity contribution < 1.29 is 14.5 Å². The van der Waals surface area contributed by atoms with E-state index in [-0.39, 0.29) is 21.3 Å². The van der Waals surface area contributed by atoms with Gasteiger partial charge < -0.3 is 15.0 Å². The molecule has 7 nitrogen and oxygen atoms in total. The van der Waals surface area contributed by atoms with Gasteiger partial charge in [0.1, 0.15) is 0 Å². The molecular weight excluding hydrogens is 381 g/mol. The van der Waals surface area contributed by atoms with Gasteiger partial charge in [0.05, 0.1) is 45.1 Å². The van der Waals surface area contributed by atoms with Gasteiger partial charge in [0.15, 0.2) is 0 Å². The van der Waals surface area contributed by atoms with E-state index in [0.29, 0.717) is 37.7 Å². The number of non-ortho nitro benzene ring substituents is 1. The SMILES string of the molecule is O=C(Nc1ccc([N+](=O)[O-])cc1N1CCOCC1)c1cccc(Cl)c1Cl. The third-order valence-electron chi connectivity index (χ3n) is 3.99. The van der Waals surface area contributed by atoms with Crippen molar-refractivity contribution >= 4 is 46.2 Å². The van der Waals surface area contributed by atoms with Gasteiger partial charge in [-0.15, -0.1) is 0 Å². The molecule has 0 saturated carbocycles. The first-order chi connectivity index (χ1) is 12.5. The fraction of sp³-hybridized carbons (Fsp3) is 0.235. The van der Waals surface area contributed by atoms with E-state index in [4.69, 9.17) is 27.9 Å². The second-order valence-electron chi connectivity index (χ2n) is 5.61. The molecule has 1 amide bonds. The van der Waals surface area contributed by atoms with E-state index in [9.17, 15) is 14.9 Å². The number of morpholine rings is 1. The van der Waals surface area contributed by atoms with E-state index in [1.165, 1.54) is 18.2 Å². The summed E-state index contributed by atoms with van der Waals surface area (Å²) >= 11 is 12.1. The highest BCUT2D eigenvalue weighted by atomic mass is 35.5. The Morgan fingerprint density at radius 1 is 1.19 bits per heavy atom. The second-order valence-corrected chi connectivity index (χ2v) is 6.40. The van der Waals surface area contributed by atoms with Crippen molar-refractivity contribution in [1.82, 2.24) is 0 Å². The number of amides is 1. The molecule has 26 heavy (non-hydrogen) atoms. The first kappa shape index (κ1) is 18.4. The van der Waals surface area contributed by atoms with E-state index < -0.39 is 10.8 Å². The third-order valence-corrected chi connectivity index (χ3v) is 4.81. The molecule has 1 aliphatic heterocycles. The van der Waals surface area contributed by atoms with Gasteiger partial charge >= 0.3 is 0 Å². The molecule has 0 bridgehead atoms. The van der Waals surface area contributed by atoms with Crippen LogP contribution in [0.15, 0.2) is 36.4 Å². The van der Waals surface area contributed by atoms with Crippen molar-refractivity contribution in [3.05, 3.63) is 62.1 Å². The fourth-order valence-corrected chi connectivity index (χ4v) is 3.06. The van der Waals surface area contributed by atoms with Gasteiger partial charge in [0, 0.05) is 25.2 Å². The maximum Gasteiger partial charge on any atom is 0.271 e. The number of benzene rings is 2. The largest absolute Gasteiger partial charge is 0.378 e. The van der Waals surface area contributed by atoms with Crippen molar-refractivity contribution in [2.75, 3.05) is 36.5 Å². The molecule has 0 aromatic heterocycles. The molecule has 0 unspecified atom stereocenters. The van der Waals surface area contributed by atoms with Crippen LogP contribution in [-0.2, 0) is 4.74 Å². The Hall–Kier alpha value is -2.35. The van der Waals surface area contributed by atoms with Crippen LogP contribution < -0.4 is 10.2 Å². The minimum Gasteiger partial charge on any atom is -0.378 e. The number of carbonyl (C=O) groups is 1. The lowest BCUT2D eigenvalue weighted by atomic mass is 10.1. The maximum absolute atomic E-state index is 12.6. The van der Waals surface area contributed by atoms with Crippen molar-refractivity contribution in [2.45, 2.75) is 0 Å². The van der Waals surface area contributed by atoms with Crippen LogP contribution >= 0.6 is 23.2 Å². The summed E-state index contributed by atoms with van der Waals surface area (Å²) in [6.07, 6.45) is 0. The number of carbonyl (C=O) groups excluding carboxylic acids is 1. The zero-order valence-electron chi connectivity index (χ0n) is 13.6. The highest BCUT2D eigenvalue weighted by Crippen LogP contribution is 2.32. The molecule has 1 fully saturated rings. The lowest BCUT2D eigenvalue weighted by Gasteiger charge is -2.30. The van der Waals surface area contributed by atoms with Gasteiger partial charge in [-0.3, -0.25) is 14.9 Å². The first-order valence-electron chi connectivity index (χ1n) is 7.84. The summed E-state index contributed by atoms with van der Waals surface area (Å²) in [6.45, 7) is 2.16. The number of nitrogens with one attached hydrogen (secondary N) is 1. The second kappa shape index (κ2) is 7.90. The maximum atomic E-state index is 12.6. The predicted molar refractivity (Wildman–Crippen MR) is 101 cm³/mol. The summed E-state index contributed by atoms with van der Waals surface area (Å²) in [5.74, 6) is -0.444. The zero-order valence-corrected chi connectivity index (χ0v) is 15.1. The normalized spacial score (nSPS) is 14.2. The average molecular weight is 396 g/mol. The van der Waals surface area contributed by atoms with Crippen LogP contribution in [0.1, 0.15) is 10.4 Å². The molecule has 2 aromatic rings. The van der Waals surface area contributed by atoms with Crippen LogP contribution in [0, 0.1) is 10.1 Å². The molecule has 1 saturated heterocycles. The number of nitrogens with zero attached hydrogens (tertiary/aromatic N) is 2. The van der Waals surface area contributed by atoms with Gasteiger partial charge in [0.25, 0.3) is 11.6 Å². The molecule has 3 rings (SSSR count). The number of hydrogen-bond donors (Lipinski definition) is 1. The Kier molecular flexibility index (Phi) is 5.61.